The first-order chi connectivity index (χ1) is 17.9. The topological polar surface area (TPSA) is 64.1 Å². The van der Waals surface area contributed by atoms with E-state index in [9.17, 15) is 4.79 Å². The summed E-state index contributed by atoms with van der Waals surface area (Å²) in [5.74, 6) is 0.244. The third-order valence-corrected chi connectivity index (χ3v) is 9.62. The molecule has 202 valence electrons. The first-order valence-corrected chi connectivity index (χ1v) is 14.8. The number of rotatable bonds is 7. The average Bonchev–Trinajstić information content (AvgIpc) is 3.41. The van der Waals surface area contributed by atoms with E-state index in [1.807, 2.05) is 24.8 Å². The van der Waals surface area contributed by atoms with Crippen LogP contribution in [0.25, 0.3) is 0 Å². The molecule has 1 spiro atoms. The number of halogens is 1. The number of pyridine rings is 1. The molecule has 0 aromatic carbocycles. The molecular weight excluding hydrogens is 510 g/mol. The Labute approximate surface area is 229 Å². The molecule has 2 aromatic rings. The molecule has 0 radical (unpaired) electrons. The van der Waals surface area contributed by atoms with Crippen molar-refractivity contribution in [1.82, 2.24) is 9.88 Å². The number of aromatic nitrogens is 1. The highest BCUT2D eigenvalue weighted by molar-refractivity contribution is 7.16. The smallest absolute Gasteiger partial charge is 0.255 e. The lowest BCUT2D eigenvalue weighted by atomic mass is 9.89. The van der Waals surface area contributed by atoms with Crippen LogP contribution in [0, 0.1) is 13.8 Å². The van der Waals surface area contributed by atoms with Crippen molar-refractivity contribution >= 4 is 33.8 Å². The molecular formula is C28H38ClN3O4S. The van der Waals surface area contributed by atoms with Gasteiger partial charge in [-0.2, -0.15) is 0 Å². The summed E-state index contributed by atoms with van der Waals surface area (Å²) >= 11 is 8.43. The van der Waals surface area contributed by atoms with Crippen LogP contribution in [-0.4, -0.2) is 60.5 Å². The molecule has 37 heavy (non-hydrogen) atoms. The van der Waals surface area contributed by atoms with Gasteiger partial charge in [-0.25, -0.2) is 4.98 Å². The van der Waals surface area contributed by atoms with Gasteiger partial charge in [-0.15, -0.1) is 11.3 Å². The summed E-state index contributed by atoms with van der Waals surface area (Å²) < 4.78 is 17.7. The van der Waals surface area contributed by atoms with Crippen molar-refractivity contribution in [2.24, 2.45) is 0 Å². The minimum atomic E-state index is -0.361. The molecule has 2 aliphatic heterocycles. The summed E-state index contributed by atoms with van der Waals surface area (Å²) in [5.41, 5.74) is 3.56. The van der Waals surface area contributed by atoms with Crippen molar-refractivity contribution in [2.45, 2.75) is 84.6 Å². The maximum absolute atomic E-state index is 14.0. The maximum atomic E-state index is 14.0. The summed E-state index contributed by atoms with van der Waals surface area (Å²) in [7, 11) is 0. The van der Waals surface area contributed by atoms with Crippen LogP contribution >= 0.6 is 22.9 Å². The lowest BCUT2D eigenvalue weighted by molar-refractivity contribution is -0.178. The highest BCUT2D eigenvalue weighted by atomic mass is 35.5. The van der Waals surface area contributed by atoms with Gasteiger partial charge in [0.05, 0.1) is 47.5 Å². The number of carbonyl (C=O) groups is 1. The molecule has 0 atom stereocenters. The second kappa shape index (κ2) is 11.1. The van der Waals surface area contributed by atoms with Crippen LogP contribution in [0.1, 0.15) is 78.0 Å². The molecule has 9 heteroatoms. The van der Waals surface area contributed by atoms with E-state index < -0.39 is 0 Å². The van der Waals surface area contributed by atoms with Crippen LogP contribution in [0.5, 0.6) is 5.88 Å². The summed E-state index contributed by atoms with van der Waals surface area (Å²) in [4.78, 5) is 24.1. The highest BCUT2D eigenvalue weighted by Gasteiger charge is 2.42. The number of hydrogen-bond acceptors (Lipinski definition) is 7. The van der Waals surface area contributed by atoms with E-state index in [1.165, 1.54) is 9.88 Å². The Morgan fingerprint density at radius 2 is 1.97 bits per heavy atom. The average molecular weight is 548 g/mol. The Kier molecular flexibility index (Phi) is 8.01. The monoisotopic (exact) mass is 547 g/mol. The summed E-state index contributed by atoms with van der Waals surface area (Å²) in [6.45, 7) is 12.1. The van der Waals surface area contributed by atoms with Crippen molar-refractivity contribution in [3.8, 4) is 5.88 Å². The zero-order chi connectivity index (χ0) is 26.2. The molecule has 0 N–H and O–H groups in total. The molecule has 4 heterocycles. The molecule has 5 rings (SSSR count). The predicted octanol–water partition coefficient (Wildman–Crippen LogP) is 5.91. The van der Waals surface area contributed by atoms with Gasteiger partial charge in [-0.05, 0) is 65.0 Å². The Morgan fingerprint density at radius 1 is 1.24 bits per heavy atom. The summed E-state index contributed by atoms with van der Waals surface area (Å²) in [5, 5.41) is 1.83. The van der Waals surface area contributed by atoms with Crippen LogP contribution < -0.4 is 9.64 Å². The van der Waals surface area contributed by atoms with Crippen molar-refractivity contribution < 1.29 is 19.0 Å². The van der Waals surface area contributed by atoms with Gasteiger partial charge in [0.15, 0.2) is 5.79 Å². The molecule has 1 amide bonds. The molecule has 1 saturated carbocycles. The number of fused-ring (bicyclic) bond motifs is 1. The van der Waals surface area contributed by atoms with E-state index in [-0.39, 0.29) is 11.7 Å². The number of thiophene rings is 1. The fourth-order valence-electron chi connectivity index (χ4n) is 6.06. The second-order valence-corrected chi connectivity index (χ2v) is 11.7. The third-order valence-electron chi connectivity index (χ3n) is 7.89. The van der Waals surface area contributed by atoms with E-state index in [0.717, 1.165) is 67.5 Å². The minimum Gasteiger partial charge on any atom is -0.478 e. The SMILES string of the molecule is CCOc1nc(C)cc(Cl)c1CN1CCCc2sc(N(CC)C3CCC4(CC3)OCCO4)c(C)c2C1=O. The molecule has 2 fully saturated rings. The van der Waals surface area contributed by atoms with Gasteiger partial charge in [0, 0.05) is 42.5 Å². The quantitative estimate of drug-likeness (QED) is 0.429. The van der Waals surface area contributed by atoms with E-state index in [4.69, 9.17) is 25.8 Å². The van der Waals surface area contributed by atoms with Crippen LogP contribution in [0.3, 0.4) is 0 Å². The number of nitrogens with zero attached hydrogens (tertiary/aromatic N) is 3. The Balaban J connectivity index is 1.39. The summed E-state index contributed by atoms with van der Waals surface area (Å²) in [6, 6.07) is 2.28. The number of hydrogen-bond donors (Lipinski definition) is 0. The standard InChI is InChI=1S/C28H38ClN3O4S/c1-5-32(20-9-11-28(12-10-20)35-14-15-36-28)27-19(4)24-23(37-27)8-7-13-31(26(24)33)17-21-22(29)16-18(3)30-25(21)34-6-2/h16,20H,5-15,17H2,1-4H3. The van der Waals surface area contributed by atoms with Crippen LogP contribution in [-0.2, 0) is 22.4 Å². The first-order valence-electron chi connectivity index (χ1n) is 13.6. The van der Waals surface area contributed by atoms with Crippen molar-refractivity contribution in [3.05, 3.63) is 38.4 Å². The van der Waals surface area contributed by atoms with Gasteiger partial charge in [0.25, 0.3) is 5.91 Å². The van der Waals surface area contributed by atoms with Gasteiger partial charge < -0.3 is 24.0 Å². The number of carbonyl (C=O) groups excluding carboxylic acids is 1. The molecule has 0 bridgehead atoms. The van der Waals surface area contributed by atoms with Crippen molar-refractivity contribution in [2.75, 3.05) is 37.8 Å². The summed E-state index contributed by atoms with van der Waals surface area (Å²) in [6.07, 6.45) is 5.77. The second-order valence-electron chi connectivity index (χ2n) is 10.2. The fourth-order valence-corrected chi connectivity index (χ4v) is 7.83. The lowest BCUT2D eigenvalue weighted by Gasteiger charge is -2.41. The zero-order valence-corrected chi connectivity index (χ0v) is 24.0. The number of aryl methyl sites for hydroxylation is 2. The van der Waals surface area contributed by atoms with Gasteiger partial charge >= 0.3 is 0 Å². The van der Waals surface area contributed by atoms with Gasteiger partial charge in [-0.3, -0.25) is 4.79 Å². The van der Waals surface area contributed by atoms with Crippen LogP contribution in [0.15, 0.2) is 6.07 Å². The number of anilines is 1. The normalized spacial score (nSPS) is 19.8. The van der Waals surface area contributed by atoms with Gasteiger partial charge in [0.2, 0.25) is 5.88 Å². The molecule has 3 aliphatic rings. The molecule has 0 unspecified atom stereocenters. The fraction of sp³-hybridized carbons (Fsp3) is 0.643. The number of amides is 1. The lowest BCUT2D eigenvalue weighted by Crippen LogP contribution is -2.44. The Bertz CT molecular complexity index is 1140. The molecule has 1 aliphatic carbocycles. The van der Waals surface area contributed by atoms with Crippen LogP contribution in [0.4, 0.5) is 5.00 Å². The van der Waals surface area contributed by atoms with E-state index >= 15 is 0 Å². The van der Waals surface area contributed by atoms with E-state index in [2.05, 4.69) is 23.7 Å². The van der Waals surface area contributed by atoms with Crippen LogP contribution in [0.2, 0.25) is 5.02 Å². The molecule has 2 aromatic heterocycles. The predicted molar refractivity (Wildman–Crippen MR) is 147 cm³/mol. The van der Waals surface area contributed by atoms with E-state index in [0.29, 0.717) is 49.9 Å². The molecule has 7 nitrogen and oxygen atoms in total. The largest absolute Gasteiger partial charge is 0.478 e. The third kappa shape index (κ3) is 5.22. The van der Waals surface area contributed by atoms with Gasteiger partial charge in [-0.1, -0.05) is 11.6 Å². The minimum absolute atomic E-state index is 0.0815. The number of ether oxygens (including phenoxy) is 3. The molecule has 1 saturated heterocycles. The highest BCUT2D eigenvalue weighted by Crippen LogP contribution is 2.43. The van der Waals surface area contributed by atoms with Crippen molar-refractivity contribution in [3.63, 3.8) is 0 Å². The van der Waals surface area contributed by atoms with Gasteiger partial charge in [0.1, 0.15) is 0 Å². The Morgan fingerprint density at radius 3 is 2.65 bits per heavy atom. The van der Waals surface area contributed by atoms with Crippen molar-refractivity contribution in [1.29, 1.82) is 0 Å². The maximum Gasteiger partial charge on any atom is 0.255 e. The van der Waals surface area contributed by atoms with E-state index in [1.54, 1.807) is 11.3 Å². The Hall–Kier alpha value is -1.87. The zero-order valence-electron chi connectivity index (χ0n) is 22.4. The first kappa shape index (κ1) is 26.7.